The molecule has 1 saturated heterocycles. The van der Waals surface area contributed by atoms with Crippen molar-refractivity contribution in [2.45, 2.75) is 62.8 Å². The maximum atomic E-state index is 3.58. The minimum absolute atomic E-state index is 0.559. The van der Waals surface area contributed by atoms with E-state index in [1.807, 2.05) is 0 Å². The molecule has 2 unspecified atom stereocenters. The molecule has 0 bridgehead atoms. The van der Waals surface area contributed by atoms with Crippen LogP contribution in [0, 0.1) is 0 Å². The van der Waals surface area contributed by atoms with Gasteiger partial charge >= 0.3 is 0 Å². The van der Waals surface area contributed by atoms with Gasteiger partial charge in [-0.15, -0.1) is 0 Å². The van der Waals surface area contributed by atoms with E-state index in [1.54, 1.807) is 0 Å². The fourth-order valence-electron chi connectivity index (χ4n) is 3.31. The third-order valence-corrected chi connectivity index (χ3v) is 5.99. The second-order valence-corrected chi connectivity index (χ2v) is 7.31. The zero-order valence-electron chi connectivity index (χ0n) is 11.7. The molecule has 100 valence electrons. The molecule has 2 nitrogen and oxygen atoms in total. The van der Waals surface area contributed by atoms with E-state index in [-0.39, 0.29) is 0 Å². The van der Waals surface area contributed by atoms with E-state index in [0.29, 0.717) is 16.8 Å². The number of piperazine rings is 1. The van der Waals surface area contributed by atoms with Crippen molar-refractivity contribution in [3.63, 3.8) is 0 Å². The van der Waals surface area contributed by atoms with Crippen LogP contribution in [0.1, 0.15) is 46.0 Å². The van der Waals surface area contributed by atoms with E-state index in [1.165, 1.54) is 45.2 Å². The Morgan fingerprint density at radius 2 is 1.94 bits per heavy atom. The van der Waals surface area contributed by atoms with Crippen molar-refractivity contribution >= 4 is 11.8 Å². The standard InChI is InChI=1S/C14H28N2S/c1-12-10-16(13(2)9-15-12)11-14(17-3)7-5-4-6-8-14/h12-13,15H,4-11H2,1-3H3. The van der Waals surface area contributed by atoms with Crippen LogP contribution < -0.4 is 5.32 Å². The molecule has 0 aromatic heterocycles. The van der Waals surface area contributed by atoms with Crippen LogP contribution >= 0.6 is 11.8 Å². The highest BCUT2D eigenvalue weighted by molar-refractivity contribution is 8.00. The van der Waals surface area contributed by atoms with Gasteiger partial charge in [0, 0.05) is 36.5 Å². The van der Waals surface area contributed by atoms with Gasteiger partial charge in [-0.1, -0.05) is 19.3 Å². The van der Waals surface area contributed by atoms with Crippen LogP contribution in [0.4, 0.5) is 0 Å². The maximum absolute atomic E-state index is 3.58. The molecular weight excluding hydrogens is 228 g/mol. The number of hydrogen-bond donors (Lipinski definition) is 1. The lowest BCUT2D eigenvalue weighted by Crippen LogP contribution is -2.57. The van der Waals surface area contributed by atoms with Gasteiger partial charge in [0.05, 0.1) is 0 Å². The molecule has 0 aromatic carbocycles. The van der Waals surface area contributed by atoms with E-state index in [4.69, 9.17) is 0 Å². The summed E-state index contributed by atoms with van der Waals surface area (Å²) in [5, 5.41) is 3.58. The molecule has 1 N–H and O–H groups in total. The monoisotopic (exact) mass is 256 g/mol. The van der Waals surface area contributed by atoms with Gasteiger partial charge in [0.2, 0.25) is 0 Å². The van der Waals surface area contributed by atoms with E-state index in [2.05, 4.69) is 42.1 Å². The topological polar surface area (TPSA) is 15.3 Å². The molecule has 0 amide bonds. The molecule has 3 heteroatoms. The van der Waals surface area contributed by atoms with E-state index < -0.39 is 0 Å². The van der Waals surface area contributed by atoms with Crippen molar-refractivity contribution in [1.29, 1.82) is 0 Å². The molecule has 2 atom stereocenters. The molecule has 1 heterocycles. The van der Waals surface area contributed by atoms with E-state index in [0.717, 1.165) is 6.54 Å². The zero-order valence-corrected chi connectivity index (χ0v) is 12.5. The van der Waals surface area contributed by atoms with Gasteiger partial charge in [-0.05, 0) is 32.9 Å². The van der Waals surface area contributed by atoms with Gasteiger partial charge in [-0.2, -0.15) is 11.8 Å². The first-order valence-corrected chi connectivity index (χ1v) is 8.40. The summed E-state index contributed by atoms with van der Waals surface area (Å²) in [5.74, 6) is 0. The first-order chi connectivity index (χ1) is 8.15. The lowest BCUT2D eigenvalue weighted by atomic mass is 9.87. The highest BCUT2D eigenvalue weighted by atomic mass is 32.2. The smallest absolute Gasteiger partial charge is 0.0284 e. The Morgan fingerprint density at radius 3 is 2.59 bits per heavy atom. The Hall–Kier alpha value is 0.270. The van der Waals surface area contributed by atoms with Crippen LogP contribution in [0.15, 0.2) is 0 Å². The van der Waals surface area contributed by atoms with Crippen LogP contribution in [0.5, 0.6) is 0 Å². The molecule has 17 heavy (non-hydrogen) atoms. The predicted octanol–water partition coefficient (Wildman–Crippen LogP) is 2.73. The maximum Gasteiger partial charge on any atom is 0.0284 e. The minimum Gasteiger partial charge on any atom is -0.311 e. The van der Waals surface area contributed by atoms with Crippen LogP contribution in [0.2, 0.25) is 0 Å². The van der Waals surface area contributed by atoms with E-state index in [9.17, 15) is 0 Å². The molecule has 2 aliphatic rings. The van der Waals surface area contributed by atoms with Crippen molar-refractivity contribution in [1.82, 2.24) is 10.2 Å². The fraction of sp³-hybridized carbons (Fsp3) is 1.00. The largest absolute Gasteiger partial charge is 0.311 e. The quantitative estimate of drug-likeness (QED) is 0.836. The van der Waals surface area contributed by atoms with Crippen LogP contribution in [-0.4, -0.2) is 47.6 Å². The molecule has 0 radical (unpaired) electrons. The fourth-order valence-corrected chi connectivity index (χ4v) is 4.30. The summed E-state index contributed by atoms with van der Waals surface area (Å²) < 4.78 is 0.559. The Kier molecular flexibility index (Phi) is 4.79. The first-order valence-electron chi connectivity index (χ1n) is 7.18. The molecule has 0 aromatic rings. The molecule has 2 rings (SSSR count). The van der Waals surface area contributed by atoms with Gasteiger partial charge < -0.3 is 5.32 Å². The Balaban J connectivity index is 1.96. The molecule has 1 saturated carbocycles. The number of hydrogen-bond acceptors (Lipinski definition) is 3. The van der Waals surface area contributed by atoms with Gasteiger partial charge in [0.1, 0.15) is 0 Å². The zero-order chi connectivity index (χ0) is 12.3. The average molecular weight is 256 g/mol. The Bertz CT molecular complexity index is 238. The number of nitrogens with zero attached hydrogens (tertiary/aromatic N) is 1. The third-order valence-electron chi connectivity index (χ3n) is 4.58. The van der Waals surface area contributed by atoms with Crippen molar-refractivity contribution in [2.75, 3.05) is 25.9 Å². The first kappa shape index (κ1) is 13.7. The summed E-state index contributed by atoms with van der Waals surface area (Å²) in [4.78, 5) is 2.73. The summed E-state index contributed by atoms with van der Waals surface area (Å²) in [5.41, 5.74) is 0. The highest BCUT2D eigenvalue weighted by Crippen LogP contribution is 2.39. The molecular formula is C14H28N2S. The van der Waals surface area contributed by atoms with Crippen LogP contribution in [-0.2, 0) is 0 Å². The van der Waals surface area contributed by atoms with Crippen molar-refractivity contribution < 1.29 is 0 Å². The van der Waals surface area contributed by atoms with Crippen LogP contribution in [0.25, 0.3) is 0 Å². The summed E-state index contributed by atoms with van der Waals surface area (Å²) in [7, 11) is 0. The Labute approximate surface area is 111 Å². The third kappa shape index (κ3) is 3.39. The SMILES string of the molecule is CSC1(CN2CC(C)NCC2C)CCCCC1. The Morgan fingerprint density at radius 1 is 1.24 bits per heavy atom. The summed E-state index contributed by atoms with van der Waals surface area (Å²) >= 11 is 2.13. The van der Waals surface area contributed by atoms with Crippen molar-refractivity contribution in [2.24, 2.45) is 0 Å². The van der Waals surface area contributed by atoms with Crippen LogP contribution in [0.3, 0.4) is 0 Å². The minimum atomic E-state index is 0.559. The van der Waals surface area contributed by atoms with Crippen molar-refractivity contribution in [3.05, 3.63) is 0 Å². The van der Waals surface area contributed by atoms with Gasteiger partial charge in [0.15, 0.2) is 0 Å². The lowest BCUT2D eigenvalue weighted by molar-refractivity contribution is 0.123. The number of thioether (sulfide) groups is 1. The average Bonchev–Trinajstić information content (AvgIpc) is 2.35. The van der Waals surface area contributed by atoms with Gasteiger partial charge in [-0.25, -0.2) is 0 Å². The van der Waals surface area contributed by atoms with Crippen molar-refractivity contribution in [3.8, 4) is 0 Å². The van der Waals surface area contributed by atoms with E-state index >= 15 is 0 Å². The molecule has 0 spiro atoms. The second-order valence-electron chi connectivity index (χ2n) is 6.04. The number of rotatable bonds is 3. The summed E-state index contributed by atoms with van der Waals surface area (Å²) in [6.07, 6.45) is 9.52. The summed E-state index contributed by atoms with van der Waals surface area (Å²) in [6, 6.07) is 1.37. The second kappa shape index (κ2) is 5.94. The molecule has 2 fully saturated rings. The lowest BCUT2D eigenvalue weighted by Gasteiger charge is -2.45. The number of nitrogens with one attached hydrogen (secondary N) is 1. The molecule has 1 aliphatic carbocycles. The normalized spacial score (nSPS) is 34.8. The van der Waals surface area contributed by atoms with Gasteiger partial charge in [-0.3, -0.25) is 4.90 Å². The van der Waals surface area contributed by atoms with Gasteiger partial charge in [0.25, 0.3) is 0 Å². The molecule has 1 aliphatic heterocycles. The summed E-state index contributed by atoms with van der Waals surface area (Å²) in [6.45, 7) is 8.37. The predicted molar refractivity (Wildman–Crippen MR) is 77.8 cm³/mol. The highest BCUT2D eigenvalue weighted by Gasteiger charge is 2.35.